The lowest BCUT2D eigenvalue weighted by Gasteiger charge is -2.00. The molecular weight excluding hydrogens is 298 g/mol. The lowest BCUT2D eigenvalue weighted by molar-refractivity contribution is 0.0941. The summed E-state index contributed by atoms with van der Waals surface area (Å²) >= 11 is 0. The van der Waals surface area contributed by atoms with Crippen LogP contribution in [-0.4, -0.2) is 23.3 Å². The van der Waals surface area contributed by atoms with Crippen molar-refractivity contribution >= 4 is 5.91 Å². The number of nitrogens with one attached hydrogen (secondary N) is 1. The number of hydrogen-bond acceptors (Lipinski definition) is 6. The molecule has 3 rings (SSSR count). The van der Waals surface area contributed by atoms with Gasteiger partial charge in [0.15, 0.2) is 11.5 Å². The molecule has 1 N–H and O–H groups in total. The number of methoxy groups -OCH3 is 1. The molecule has 2 heterocycles. The molecule has 0 aliphatic heterocycles. The highest BCUT2D eigenvalue weighted by Gasteiger charge is 2.12. The molecule has 0 saturated carbocycles. The van der Waals surface area contributed by atoms with Crippen molar-refractivity contribution in [3.63, 3.8) is 0 Å². The van der Waals surface area contributed by atoms with E-state index in [0.717, 1.165) is 11.3 Å². The third-order valence-corrected chi connectivity index (χ3v) is 3.20. The molecule has 0 unspecified atom stereocenters. The molecule has 0 radical (unpaired) electrons. The summed E-state index contributed by atoms with van der Waals surface area (Å²) < 4.78 is 15.3. The van der Waals surface area contributed by atoms with E-state index < -0.39 is 0 Å². The quantitative estimate of drug-likeness (QED) is 0.778. The van der Waals surface area contributed by atoms with Crippen LogP contribution in [0.4, 0.5) is 0 Å². The minimum Gasteiger partial charge on any atom is -0.497 e. The molecule has 0 spiro atoms. The number of hydrogen-bond donors (Lipinski definition) is 1. The van der Waals surface area contributed by atoms with Crippen molar-refractivity contribution in [1.29, 1.82) is 0 Å². The maximum Gasteiger partial charge on any atom is 0.273 e. The predicted octanol–water partition coefficient (Wildman–Crippen LogP) is 2.58. The van der Waals surface area contributed by atoms with Crippen molar-refractivity contribution in [2.24, 2.45) is 0 Å². The fourth-order valence-electron chi connectivity index (χ4n) is 2.04. The van der Waals surface area contributed by atoms with E-state index in [9.17, 15) is 4.79 Å². The van der Waals surface area contributed by atoms with E-state index >= 15 is 0 Å². The van der Waals surface area contributed by atoms with Crippen LogP contribution < -0.4 is 10.1 Å². The van der Waals surface area contributed by atoms with Crippen LogP contribution in [0.5, 0.6) is 5.75 Å². The van der Waals surface area contributed by atoms with E-state index in [2.05, 4.69) is 15.6 Å². The smallest absolute Gasteiger partial charge is 0.273 e. The maximum absolute atomic E-state index is 11.9. The molecule has 3 aromatic rings. The van der Waals surface area contributed by atoms with Crippen LogP contribution in [0.2, 0.25) is 0 Å². The number of ether oxygens (including phenoxy) is 1. The van der Waals surface area contributed by atoms with E-state index in [1.54, 1.807) is 26.2 Å². The number of benzene rings is 1. The zero-order chi connectivity index (χ0) is 16.2. The minimum absolute atomic E-state index is 0.234. The molecule has 0 saturated heterocycles. The standard InChI is InChI=1S/C16H15N3O4/c1-10-6-14(19-22-10)16(20)17-9-12-8-15(23-18-12)11-4-3-5-13(7-11)21-2/h3-8H,9H2,1-2H3,(H,17,20). The van der Waals surface area contributed by atoms with Gasteiger partial charge in [-0.25, -0.2) is 0 Å². The molecular formula is C16H15N3O4. The van der Waals surface area contributed by atoms with Gasteiger partial charge in [-0.05, 0) is 19.1 Å². The zero-order valence-corrected chi connectivity index (χ0v) is 12.7. The minimum atomic E-state index is -0.326. The zero-order valence-electron chi connectivity index (χ0n) is 12.7. The van der Waals surface area contributed by atoms with Crippen molar-refractivity contribution < 1.29 is 18.6 Å². The number of aromatic nitrogens is 2. The van der Waals surface area contributed by atoms with Crippen LogP contribution in [0.25, 0.3) is 11.3 Å². The Hall–Kier alpha value is -3.09. The fourth-order valence-corrected chi connectivity index (χ4v) is 2.04. The van der Waals surface area contributed by atoms with Crippen molar-refractivity contribution in [3.05, 3.63) is 53.5 Å². The first-order valence-corrected chi connectivity index (χ1v) is 6.97. The monoisotopic (exact) mass is 313 g/mol. The summed E-state index contributed by atoms with van der Waals surface area (Å²) in [6.07, 6.45) is 0. The van der Waals surface area contributed by atoms with Crippen molar-refractivity contribution in [1.82, 2.24) is 15.6 Å². The number of carbonyl (C=O) groups excluding carboxylic acids is 1. The molecule has 7 nitrogen and oxygen atoms in total. The number of carbonyl (C=O) groups is 1. The van der Waals surface area contributed by atoms with Gasteiger partial charge >= 0.3 is 0 Å². The third-order valence-electron chi connectivity index (χ3n) is 3.20. The molecule has 0 aliphatic rings. The molecule has 1 amide bonds. The third kappa shape index (κ3) is 3.39. The first kappa shape index (κ1) is 14.8. The molecule has 0 bridgehead atoms. The topological polar surface area (TPSA) is 90.4 Å². The van der Waals surface area contributed by atoms with E-state index in [0.29, 0.717) is 17.2 Å². The van der Waals surface area contributed by atoms with Gasteiger partial charge in [0.25, 0.3) is 5.91 Å². The highest BCUT2D eigenvalue weighted by atomic mass is 16.5. The average Bonchev–Trinajstić information content (AvgIpc) is 3.22. The Bertz CT molecular complexity index is 822. The second kappa shape index (κ2) is 6.35. The predicted molar refractivity (Wildman–Crippen MR) is 80.9 cm³/mol. The average molecular weight is 313 g/mol. The van der Waals surface area contributed by atoms with E-state index in [1.165, 1.54) is 0 Å². The first-order valence-electron chi connectivity index (χ1n) is 6.97. The Kier molecular flexibility index (Phi) is 4.09. The van der Waals surface area contributed by atoms with Gasteiger partial charge in [0.2, 0.25) is 0 Å². The Morgan fingerprint density at radius 3 is 2.83 bits per heavy atom. The summed E-state index contributed by atoms with van der Waals surface area (Å²) in [4.78, 5) is 11.9. The van der Waals surface area contributed by atoms with Gasteiger partial charge < -0.3 is 19.1 Å². The van der Waals surface area contributed by atoms with E-state index in [1.807, 2.05) is 24.3 Å². The van der Waals surface area contributed by atoms with Gasteiger partial charge in [-0.15, -0.1) is 0 Å². The maximum atomic E-state index is 11.9. The number of rotatable bonds is 5. The molecule has 7 heteroatoms. The summed E-state index contributed by atoms with van der Waals surface area (Å²) in [6.45, 7) is 1.96. The van der Waals surface area contributed by atoms with Gasteiger partial charge in [-0.3, -0.25) is 4.79 Å². The van der Waals surface area contributed by atoms with Gasteiger partial charge in [0.05, 0.1) is 13.7 Å². The summed E-state index contributed by atoms with van der Waals surface area (Å²) in [6, 6.07) is 10.8. The Morgan fingerprint density at radius 1 is 1.22 bits per heavy atom. The molecule has 0 aliphatic carbocycles. The normalized spacial score (nSPS) is 10.5. The molecule has 2 aromatic heterocycles. The Labute approximate surface area is 132 Å². The molecule has 118 valence electrons. The lowest BCUT2D eigenvalue weighted by Crippen LogP contribution is -2.23. The summed E-state index contributed by atoms with van der Waals surface area (Å²) in [5, 5.41) is 10.3. The lowest BCUT2D eigenvalue weighted by atomic mass is 10.1. The van der Waals surface area contributed by atoms with Crippen LogP contribution in [-0.2, 0) is 6.54 Å². The van der Waals surface area contributed by atoms with E-state index in [4.69, 9.17) is 13.8 Å². The van der Waals surface area contributed by atoms with Crippen molar-refractivity contribution in [2.75, 3.05) is 7.11 Å². The SMILES string of the molecule is COc1cccc(-c2cc(CNC(=O)c3cc(C)on3)no2)c1. The first-order chi connectivity index (χ1) is 11.2. The Balaban J connectivity index is 1.66. The molecule has 0 atom stereocenters. The summed E-state index contributed by atoms with van der Waals surface area (Å²) in [5.41, 5.74) is 1.69. The highest BCUT2D eigenvalue weighted by molar-refractivity contribution is 5.92. The van der Waals surface area contributed by atoms with E-state index in [-0.39, 0.29) is 18.1 Å². The molecule has 1 aromatic carbocycles. The second-order valence-electron chi connectivity index (χ2n) is 4.92. The van der Waals surface area contributed by atoms with Gasteiger partial charge in [0, 0.05) is 17.7 Å². The summed E-state index contributed by atoms with van der Waals surface area (Å²) in [7, 11) is 1.60. The Morgan fingerprint density at radius 2 is 2.09 bits per heavy atom. The van der Waals surface area contributed by atoms with Gasteiger partial charge in [0.1, 0.15) is 17.2 Å². The van der Waals surface area contributed by atoms with Crippen LogP contribution in [0.1, 0.15) is 21.9 Å². The van der Waals surface area contributed by atoms with Crippen molar-refractivity contribution in [2.45, 2.75) is 13.5 Å². The van der Waals surface area contributed by atoms with Gasteiger partial charge in [-0.1, -0.05) is 22.4 Å². The molecule has 0 fully saturated rings. The number of nitrogens with zero attached hydrogens (tertiary/aromatic N) is 2. The second-order valence-corrected chi connectivity index (χ2v) is 4.92. The largest absolute Gasteiger partial charge is 0.497 e. The van der Waals surface area contributed by atoms with Crippen LogP contribution >= 0.6 is 0 Å². The highest BCUT2D eigenvalue weighted by Crippen LogP contribution is 2.24. The van der Waals surface area contributed by atoms with Crippen LogP contribution in [0, 0.1) is 6.92 Å². The van der Waals surface area contributed by atoms with Gasteiger partial charge in [-0.2, -0.15) is 0 Å². The number of amides is 1. The number of aryl methyl sites for hydroxylation is 1. The van der Waals surface area contributed by atoms with Crippen molar-refractivity contribution in [3.8, 4) is 17.1 Å². The van der Waals surface area contributed by atoms with Crippen LogP contribution in [0.15, 0.2) is 45.4 Å². The van der Waals surface area contributed by atoms with Crippen LogP contribution in [0.3, 0.4) is 0 Å². The molecule has 23 heavy (non-hydrogen) atoms. The fraction of sp³-hybridized carbons (Fsp3) is 0.188. The summed E-state index contributed by atoms with van der Waals surface area (Å²) in [5.74, 6) is 1.59.